The standard InChI is InChI=1S/C11H20N2O5/c1-12(3-5-17-2)11(16)13-4-6-18-8-9(13)7-10(14)15/h9H,3-8H2,1-2H3,(H,14,15). The summed E-state index contributed by atoms with van der Waals surface area (Å²) in [6.45, 7) is 2.08. The number of ether oxygens (including phenoxy) is 2. The SMILES string of the molecule is COCCN(C)C(=O)N1CCOCC1CC(=O)O. The van der Waals surface area contributed by atoms with Crippen LogP contribution in [-0.4, -0.2) is 80.0 Å². The second-order valence-electron chi connectivity index (χ2n) is 4.22. The van der Waals surface area contributed by atoms with Gasteiger partial charge in [0.05, 0.1) is 32.3 Å². The number of urea groups is 1. The number of rotatable bonds is 5. The summed E-state index contributed by atoms with van der Waals surface area (Å²) in [5, 5.41) is 8.82. The summed E-state index contributed by atoms with van der Waals surface area (Å²) in [6.07, 6.45) is -0.0934. The van der Waals surface area contributed by atoms with Crippen LogP contribution in [0, 0.1) is 0 Å². The molecule has 0 radical (unpaired) electrons. The number of likely N-dealkylation sites (N-methyl/N-ethyl adjacent to an activating group) is 1. The Bertz CT molecular complexity index is 297. The third-order valence-electron chi connectivity index (χ3n) is 2.84. The normalized spacial score (nSPS) is 19.7. The zero-order chi connectivity index (χ0) is 13.5. The molecule has 1 rings (SSSR count). The molecule has 2 amide bonds. The average Bonchev–Trinajstić information content (AvgIpc) is 2.35. The summed E-state index contributed by atoms with van der Waals surface area (Å²) in [5.41, 5.74) is 0. The number of amides is 2. The number of aliphatic carboxylic acids is 1. The van der Waals surface area contributed by atoms with Crippen molar-refractivity contribution in [3.8, 4) is 0 Å². The number of hydrogen-bond donors (Lipinski definition) is 1. The Hall–Kier alpha value is -1.34. The minimum atomic E-state index is -0.928. The predicted octanol–water partition coefficient (Wildman–Crippen LogP) is -0.140. The highest BCUT2D eigenvalue weighted by molar-refractivity contribution is 5.76. The largest absolute Gasteiger partial charge is 0.481 e. The van der Waals surface area contributed by atoms with E-state index in [9.17, 15) is 9.59 Å². The van der Waals surface area contributed by atoms with Crippen molar-refractivity contribution in [2.24, 2.45) is 0 Å². The molecule has 0 spiro atoms. The Morgan fingerprint density at radius 2 is 2.28 bits per heavy atom. The Labute approximate surface area is 106 Å². The van der Waals surface area contributed by atoms with Gasteiger partial charge in [-0.25, -0.2) is 4.79 Å². The van der Waals surface area contributed by atoms with Crippen molar-refractivity contribution in [2.45, 2.75) is 12.5 Å². The zero-order valence-corrected chi connectivity index (χ0v) is 10.8. The highest BCUT2D eigenvalue weighted by atomic mass is 16.5. The molecule has 0 aliphatic carbocycles. The van der Waals surface area contributed by atoms with Gasteiger partial charge in [0.2, 0.25) is 0 Å². The van der Waals surface area contributed by atoms with Crippen LogP contribution < -0.4 is 0 Å². The molecule has 0 bridgehead atoms. The van der Waals surface area contributed by atoms with E-state index < -0.39 is 12.0 Å². The molecule has 1 heterocycles. The molecule has 7 nitrogen and oxygen atoms in total. The first-order valence-electron chi connectivity index (χ1n) is 5.86. The molecule has 1 aliphatic rings. The minimum Gasteiger partial charge on any atom is -0.481 e. The summed E-state index contributed by atoms with van der Waals surface area (Å²) >= 11 is 0. The second kappa shape index (κ2) is 7.17. The van der Waals surface area contributed by atoms with Crippen LogP contribution >= 0.6 is 0 Å². The lowest BCUT2D eigenvalue weighted by Crippen LogP contribution is -2.53. The number of methoxy groups -OCH3 is 1. The molecule has 0 aromatic heterocycles. The molecule has 1 unspecified atom stereocenters. The highest BCUT2D eigenvalue weighted by Gasteiger charge is 2.30. The fourth-order valence-corrected chi connectivity index (χ4v) is 1.82. The molecule has 0 aromatic rings. The maximum atomic E-state index is 12.1. The van der Waals surface area contributed by atoms with Gasteiger partial charge in [-0.15, -0.1) is 0 Å². The van der Waals surface area contributed by atoms with Crippen molar-refractivity contribution in [1.82, 2.24) is 9.80 Å². The molecule has 1 N–H and O–H groups in total. The van der Waals surface area contributed by atoms with E-state index in [1.165, 1.54) is 4.90 Å². The molecule has 18 heavy (non-hydrogen) atoms. The Kier molecular flexibility index (Phi) is 5.87. The fourth-order valence-electron chi connectivity index (χ4n) is 1.82. The minimum absolute atomic E-state index is 0.0934. The molecular formula is C11H20N2O5. The van der Waals surface area contributed by atoms with Crippen LogP contribution in [0.3, 0.4) is 0 Å². The highest BCUT2D eigenvalue weighted by Crippen LogP contribution is 2.12. The summed E-state index contributed by atoms with van der Waals surface area (Å²) in [4.78, 5) is 26.0. The molecule has 0 saturated carbocycles. The van der Waals surface area contributed by atoms with Crippen molar-refractivity contribution in [2.75, 3.05) is 47.1 Å². The van der Waals surface area contributed by atoms with E-state index >= 15 is 0 Å². The first kappa shape index (κ1) is 14.7. The number of hydrogen-bond acceptors (Lipinski definition) is 4. The molecule has 104 valence electrons. The first-order chi connectivity index (χ1) is 8.56. The topological polar surface area (TPSA) is 79.3 Å². The lowest BCUT2D eigenvalue weighted by molar-refractivity contribution is -0.139. The fraction of sp³-hybridized carbons (Fsp3) is 0.818. The van der Waals surface area contributed by atoms with Gasteiger partial charge in [0.15, 0.2) is 0 Å². The molecule has 1 aliphatic heterocycles. The van der Waals surface area contributed by atoms with Crippen molar-refractivity contribution in [3.63, 3.8) is 0 Å². The molecule has 7 heteroatoms. The lowest BCUT2D eigenvalue weighted by Gasteiger charge is -2.37. The van der Waals surface area contributed by atoms with E-state index in [-0.39, 0.29) is 19.1 Å². The summed E-state index contributed by atoms with van der Waals surface area (Å²) in [6, 6.07) is -0.574. The van der Waals surface area contributed by atoms with Gasteiger partial charge in [-0.2, -0.15) is 0 Å². The number of carboxylic acids is 1. The van der Waals surface area contributed by atoms with Gasteiger partial charge in [-0.05, 0) is 0 Å². The number of morpholine rings is 1. The van der Waals surface area contributed by atoms with Crippen LogP contribution in [0.2, 0.25) is 0 Å². The van der Waals surface area contributed by atoms with E-state index in [2.05, 4.69) is 0 Å². The van der Waals surface area contributed by atoms with E-state index in [0.29, 0.717) is 26.3 Å². The molecule has 0 aromatic carbocycles. The molecule has 1 fully saturated rings. The number of carbonyl (C=O) groups is 2. The summed E-state index contributed by atoms with van der Waals surface area (Å²) in [5.74, 6) is -0.928. The molecular weight excluding hydrogens is 240 g/mol. The maximum Gasteiger partial charge on any atom is 0.320 e. The number of carbonyl (C=O) groups excluding carboxylic acids is 1. The van der Waals surface area contributed by atoms with Gasteiger partial charge < -0.3 is 24.4 Å². The van der Waals surface area contributed by atoms with Crippen LogP contribution in [0.1, 0.15) is 6.42 Å². The smallest absolute Gasteiger partial charge is 0.320 e. The number of carboxylic acid groups (broad SMARTS) is 1. The molecule has 1 atom stereocenters. The Morgan fingerprint density at radius 3 is 2.89 bits per heavy atom. The second-order valence-corrected chi connectivity index (χ2v) is 4.22. The van der Waals surface area contributed by atoms with Crippen LogP contribution in [0.4, 0.5) is 4.79 Å². The quantitative estimate of drug-likeness (QED) is 0.744. The van der Waals surface area contributed by atoms with Crippen molar-refractivity contribution in [1.29, 1.82) is 0 Å². The summed E-state index contributed by atoms with van der Waals surface area (Å²) in [7, 11) is 3.24. The van der Waals surface area contributed by atoms with E-state index in [4.69, 9.17) is 14.6 Å². The van der Waals surface area contributed by atoms with Crippen molar-refractivity contribution < 1.29 is 24.2 Å². The first-order valence-corrected chi connectivity index (χ1v) is 5.86. The van der Waals surface area contributed by atoms with Crippen LogP contribution in [0.15, 0.2) is 0 Å². The predicted molar refractivity (Wildman–Crippen MR) is 63.5 cm³/mol. The van der Waals surface area contributed by atoms with Crippen molar-refractivity contribution >= 4 is 12.0 Å². The zero-order valence-electron chi connectivity index (χ0n) is 10.8. The monoisotopic (exact) mass is 260 g/mol. The average molecular weight is 260 g/mol. The summed E-state index contributed by atoms with van der Waals surface area (Å²) < 4.78 is 10.1. The van der Waals surface area contributed by atoms with E-state index in [1.54, 1.807) is 19.1 Å². The van der Waals surface area contributed by atoms with E-state index in [0.717, 1.165) is 0 Å². The third kappa shape index (κ3) is 4.15. The van der Waals surface area contributed by atoms with Gasteiger partial charge in [-0.1, -0.05) is 0 Å². The van der Waals surface area contributed by atoms with Gasteiger partial charge in [0, 0.05) is 27.2 Å². The van der Waals surface area contributed by atoms with Crippen LogP contribution in [0.5, 0.6) is 0 Å². The van der Waals surface area contributed by atoms with Gasteiger partial charge in [0.25, 0.3) is 0 Å². The van der Waals surface area contributed by atoms with Gasteiger partial charge in [-0.3, -0.25) is 4.79 Å². The van der Waals surface area contributed by atoms with Crippen molar-refractivity contribution in [3.05, 3.63) is 0 Å². The number of nitrogens with zero attached hydrogens (tertiary/aromatic N) is 2. The van der Waals surface area contributed by atoms with Crippen LogP contribution in [0.25, 0.3) is 0 Å². The van der Waals surface area contributed by atoms with Gasteiger partial charge >= 0.3 is 12.0 Å². The van der Waals surface area contributed by atoms with E-state index in [1.807, 2.05) is 0 Å². The lowest BCUT2D eigenvalue weighted by atomic mass is 10.1. The third-order valence-corrected chi connectivity index (χ3v) is 2.84. The van der Waals surface area contributed by atoms with Crippen LogP contribution in [-0.2, 0) is 14.3 Å². The Morgan fingerprint density at radius 1 is 1.56 bits per heavy atom. The molecule has 1 saturated heterocycles. The Balaban J connectivity index is 2.58. The maximum absolute atomic E-state index is 12.1. The van der Waals surface area contributed by atoms with Gasteiger partial charge in [0.1, 0.15) is 0 Å².